The number of carbonyl (C=O) groups is 1. The number of rotatable bonds is 4. The van der Waals surface area contributed by atoms with Crippen LogP contribution in [-0.2, 0) is 0 Å². The highest BCUT2D eigenvalue weighted by molar-refractivity contribution is 5.88. The smallest absolute Gasteiger partial charge is 0.339 e. The number of likely N-dealkylation sites (N-methyl/N-ethyl adjacent to an activating group) is 2. The zero-order valence-electron chi connectivity index (χ0n) is 12.1. The van der Waals surface area contributed by atoms with Gasteiger partial charge in [0.2, 0.25) is 5.95 Å². The zero-order chi connectivity index (χ0) is 14.7. The molecule has 0 aromatic carbocycles. The summed E-state index contributed by atoms with van der Waals surface area (Å²) >= 11 is 0. The molecule has 1 atom stereocenters. The molecule has 20 heavy (non-hydrogen) atoms. The number of carboxylic acid groups (broad SMARTS) is 1. The van der Waals surface area contributed by atoms with Crippen LogP contribution in [0.3, 0.4) is 0 Å². The van der Waals surface area contributed by atoms with Crippen molar-refractivity contribution in [2.75, 3.05) is 45.6 Å². The average Bonchev–Trinajstić information content (AvgIpc) is 2.39. The van der Waals surface area contributed by atoms with Crippen molar-refractivity contribution in [3.05, 3.63) is 17.5 Å². The number of nitrogens with zero attached hydrogens (tertiary/aromatic N) is 4. The minimum Gasteiger partial charge on any atom is -0.478 e. The molecule has 0 amide bonds. The van der Waals surface area contributed by atoms with E-state index in [1.54, 1.807) is 6.92 Å². The predicted octanol–water partition coefficient (Wildman–Crippen LogP) is 0.141. The zero-order valence-corrected chi connectivity index (χ0v) is 12.1. The monoisotopic (exact) mass is 279 g/mol. The summed E-state index contributed by atoms with van der Waals surface area (Å²) in [5, 5.41) is 12.1. The molecule has 2 rings (SSSR count). The molecule has 1 aromatic rings. The van der Waals surface area contributed by atoms with E-state index in [0.29, 0.717) is 17.7 Å². The maximum atomic E-state index is 10.9. The second-order valence-corrected chi connectivity index (χ2v) is 5.28. The first-order valence-electron chi connectivity index (χ1n) is 6.67. The third-order valence-corrected chi connectivity index (χ3v) is 3.69. The van der Waals surface area contributed by atoms with Crippen molar-refractivity contribution in [3.8, 4) is 0 Å². The summed E-state index contributed by atoms with van der Waals surface area (Å²) in [7, 11) is 4.22. The van der Waals surface area contributed by atoms with Crippen LogP contribution in [0.2, 0.25) is 0 Å². The van der Waals surface area contributed by atoms with E-state index in [4.69, 9.17) is 5.11 Å². The van der Waals surface area contributed by atoms with Gasteiger partial charge in [-0.25, -0.2) is 14.8 Å². The van der Waals surface area contributed by atoms with E-state index in [1.807, 2.05) is 0 Å². The Hall–Kier alpha value is -1.73. The van der Waals surface area contributed by atoms with Gasteiger partial charge in [0.15, 0.2) is 0 Å². The Bertz CT molecular complexity index is 494. The van der Waals surface area contributed by atoms with E-state index in [9.17, 15) is 4.79 Å². The molecule has 0 radical (unpaired) electrons. The molecule has 1 aromatic heterocycles. The summed E-state index contributed by atoms with van der Waals surface area (Å²) in [5.74, 6) is -0.517. The molecule has 2 N–H and O–H groups in total. The van der Waals surface area contributed by atoms with Crippen LogP contribution in [0.5, 0.6) is 0 Å². The van der Waals surface area contributed by atoms with E-state index in [1.165, 1.54) is 6.20 Å². The fraction of sp³-hybridized carbons (Fsp3) is 0.615. The van der Waals surface area contributed by atoms with Crippen LogP contribution in [-0.4, -0.2) is 77.2 Å². The fourth-order valence-electron chi connectivity index (χ4n) is 2.29. The quantitative estimate of drug-likeness (QED) is 0.811. The highest BCUT2D eigenvalue weighted by Crippen LogP contribution is 2.09. The molecule has 7 nitrogen and oxygen atoms in total. The minimum atomic E-state index is -0.998. The van der Waals surface area contributed by atoms with E-state index < -0.39 is 5.97 Å². The maximum Gasteiger partial charge on any atom is 0.339 e. The molecule has 110 valence electrons. The molecule has 1 unspecified atom stereocenters. The number of carboxylic acids is 1. The standard InChI is InChI=1S/C13H21N5O2/c1-9-11(12(19)20)7-15-13(16-9)14-6-10-8-17(2)4-5-18(10)3/h7,10H,4-6,8H2,1-3H3,(H,19,20)(H,14,15,16). The Morgan fingerprint density at radius 2 is 2.25 bits per heavy atom. The van der Waals surface area contributed by atoms with Crippen molar-refractivity contribution >= 4 is 11.9 Å². The van der Waals surface area contributed by atoms with Crippen LogP contribution >= 0.6 is 0 Å². The molecule has 1 aliphatic heterocycles. The van der Waals surface area contributed by atoms with Gasteiger partial charge in [-0.3, -0.25) is 4.90 Å². The van der Waals surface area contributed by atoms with Gasteiger partial charge in [0.1, 0.15) is 0 Å². The third kappa shape index (κ3) is 3.43. The second kappa shape index (κ2) is 6.15. The number of anilines is 1. The van der Waals surface area contributed by atoms with Crippen molar-refractivity contribution in [1.29, 1.82) is 0 Å². The highest BCUT2D eigenvalue weighted by atomic mass is 16.4. The second-order valence-electron chi connectivity index (χ2n) is 5.28. The topological polar surface area (TPSA) is 81.6 Å². The predicted molar refractivity (Wildman–Crippen MR) is 76.1 cm³/mol. The average molecular weight is 279 g/mol. The molecule has 0 saturated carbocycles. The fourth-order valence-corrected chi connectivity index (χ4v) is 2.29. The van der Waals surface area contributed by atoms with Gasteiger partial charge in [0, 0.05) is 38.4 Å². The van der Waals surface area contributed by atoms with Gasteiger partial charge in [0.05, 0.1) is 11.3 Å². The maximum absolute atomic E-state index is 10.9. The van der Waals surface area contributed by atoms with Crippen molar-refractivity contribution in [2.45, 2.75) is 13.0 Å². The first-order chi connectivity index (χ1) is 9.47. The molecule has 1 saturated heterocycles. The lowest BCUT2D eigenvalue weighted by Crippen LogP contribution is -2.52. The lowest BCUT2D eigenvalue weighted by Gasteiger charge is -2.37. The summed E-state index contributed by atoms with van der Waals surface area (Å²) in [6.45, 7) is 5.54. The molecular weight excluding hydrogens is 258 g/mol. The number of nitrogens with one attached hydrogen (secondary N) is 1. The summed E-state index contributed by atoms with van der Waals surface area (Å²) in [6.07, 6.45) is 1.35. The lowest BCUT2D eigenvalue weighted by molar-refractivity contribution is 0.0695. The third-order valence-electron chi connectivity index (χ3n) is 3.69. The molecule has 0 bridgehead atoms. The Morgan fingerprint density at radius 1 is 1.50 bits per heavy atom. The number of piperazine rings is 1. The lowest BCUT2D eigenvalue weighted by atomic mass is 10.2. The van der Waals surface area contributed by atoms with Gasteiger partial charge in [-0.05, 0) is 21.0 Å². The van der Waals surface area contributed by atoms with Gasteiger partial charge in [-0.1, -0.05) is 0 Å². The number of aromatic nitrogens is 2. The molecule has 2 heterocycles. The normalized spacial score (nSPS) is 20.9. The number of aryl methyl sites for hydroxylation is 1. The Morgan fingerprint density at radius 3 is 2.90 bits per heavy atom. The van der Waals surface area contributed by atoms with Crippen molar-refractivity contribution < 1.29 is 9.90 Å². The van der Waals surface area contributed by atoms with Gasteiger partial charge in [-0.15, -0.1) is 0 Å². The SMILES string of the molecule is Cc1nc(NCC2CN(C)CCN2C)ncc1C(=O)O. The van der Waals surface area contributed by atoms with Crippen molar-refractivity contribution in [2.24, 2.45) is 0 Å². The van der Waals surface area contributed by atoms with Crippen LogP contribution in [0.4, 0.5) is 5.95 Å². The van der Waals surface area contributed by atoms with Gasteiger partial charge in [-0.2, -0.15) is 0 Å². The highest BCUT2D eigenvalue weighted by Gasteiger charge is 2.22. The van der Waals surface area contributed by atoms with Crippen LogP contribution in [0, 0.1) is 6.92 Å². The molecular formula is C13H21N5O2. The molecule has 7 heteroatoms. The van der Waals surface area contributed by atoms with Crippen LogP contribution in [0.25, 0.3) is 0 Å². The van der Waals surface area contributed by atoms with E-state index >= 15 is 0 Å². The number of aromatic carboxylic acids is 1. The Balaban J connectivity index is 1.97. The largest absolute Gasteiger partial charge is 0.478 e. The van der Waals surface area contributed by atoms with E-state index in [2.05, 4.69) is 39.2 Å². The van der Waals surface area contributed by atoms with E-state index in [-0.39, 0.29) is 5.56 Å². The number of hydrogen-bond acceptors (Lipinski definition) is 6. The van der Waals surface area contributed by atoms with Gasteiger partial charge >= 0.3 is 5.97 Å². The molecule has 0 aliphatic carbocycles. The van der Waals surface area contributed by atoms with Crippen molar-refractivity contribution in [3.63, 3.8) is 0 Å². The first kappa shape index (κ1) is 14.7. The summed E-state index contributed by atoms with van der Waals surface area (Å²) in [5.41, 5.74) is 0.620. The van der Waals surface area contributed by atoms with Crippen LogP contribution in [0.1, 0.15) is 16.1 Å². The summed E-state index contributed by atoms with van der Waals surface area (Å²) in [4.78, 5) is 23.8. The summed E-state index contributed by atoms with van der Waals surface area (Å²) in [6, 6.07) is 0.400. The van der Waals surface area contributed by atoms with Crippen molar-refractivity contribution in [1.82, 2.24) is 19.8 Å². The Kier molecular flexibility index (Phi) is 4.51. The van der Waals surface area contributed by atoms with Crippen LogP contribution < -0.4 is 5.32 Å². The Labute approximate surface area is 118 Å². The number of hydrogen-bond donors (Lipinski definition) is 2. The molecule has 1 aliphatic rings. The minimum absolute atomic E-state index is 0.144. The van der Waals surface area contributed by atoms with Gasteiger partial charge < -0.3 is 15.3 Å². The first-order valence-corrected chi connectivity index (χ1v) is 6.67. The summed E-state index contributed by atoms with van der Waals surface area (Å²) < 4.78 is 0. The van der Waals surface area contributed by atoms with Crippen LogP contribution in [0.15, 0.2) is 6.20 Å². The van der Waals surface area contributed by atoms with E-state index in [0.717, 1.165) is 26.2 Å². The molecule has 1 fully saturated rings. The van der Waals surface area contributed by atoms with Gasteiger partial charge in [0.25, 0.3) is 0 Å². The molecule has 0 spiro atoms.